The Balaban J connectivity index is 1.29. The third kappa shape index (κ3) is 5.32. The number of carbonyl (C=O) groups excluding carboxylic acids is 4. The van der Waals surface area contributed by atoms with Gasteiger partial charge in [0.25, 0.3) is 5.91 Å². The highest BCUT2D eigenvalue weighted by molar-refractivity contribution is 6.06. The largest absolute Gasteiger partial charge is 0.444 e. The number of ether oxygens (including phenoxy) is 1. The summed E-state index contributed by atoms with van der Waals surface area (Å²) in [6, 6.07) is 4.95. The number of benzene rings is 1. The van der Waals surface area contributed by atoms with Crippen LogP contribution in [0.15, 0.2) is 18.2 Å². The molecule has 3 aliphatic rings. The second kappa shape index (κ2) is 9.61. The van der Waals surface area contributed by atoms with Gasteiger partial charge in [0.15, 0.2) is 0 Å². The minimum absolute atomic E-state index is 0.175. The average Bonchev–Trinajstić information content (AvgIpc) is 3.10. The highest BCUT2D eigenvalue weighted by Crippen LogP contribution is 2.32. The van der Waals surface area contributed by atoms with Crippen molar-refractivity contribution in [2.45, 2.75) is 51.8 Å². The van der Waals surface area contributed by atoms with Gasteiger partial charge in [-0.1, -0.05) is 6.07 Å². The number of amides is 4. The molecule has 0 aromatic heterocycles. The van der Waals surface area contributed by atoms with Gasteiger partial charge >= 0.3 is 6.09 Å². The molecule has 1 aromatic carbocycles. The number of imide groups is 1. The topological polar surface area (TPSA) is 111 Å². The average molecular weight is 472 g/mol. The lowest BCUT2D eigenvalue weighted by molar-refractivity contribution is -0.136. The van der Waals surface area contributed by atoms with Gasteiger partial charge in [-0.25, -0.2) is 4.79 Å². The van der Waals surface area contributed by atoms with Gasteiger partial charge in [0.1, 0.15) is 11.6 Å². The number of hydrogen-bond acceptors (Lipinski definition) is 7. The van der Waals surface area contributed by atoms with Crippen LogP contribution in [0.5, 0.6) is 0 Å². The number of nitrogens with one attached hydrogen (secondary N) is 2. The maximum atomic E-state index is 13.0. The first kappa shape index (κ1) is 24.0. The molecular weight excluding hydrogens is 438 g/mol. The predicted molar refractivity (Wildman–Crippen MR) is 125 cm³/mol. The number of nitrogens with zero attached hydrogens (tertiary/aromatic N) is 3. The molecule has 2 fully saturated rings. The number of carbonyl (C=O) groups is 4. The number of rotatable bonds is 5. The van der Waals surface area contributed by atoms with E-state index in [9.17, 15) is 19.2 Å². The van der Waals surface area contributed by atoms with Crippen LogP contribution in [0.3, 0.4) is 0 Å². The molecule has 0 spiro atoms. The van der Waals surface area contributed by atoms with E-state index in [4.69, 9.17) is 4.74 Å². The lowest BCUT2D eigenvalue weighted by Crippen LogP contribution is -2.52. The predicted octanol–water partition coefficient (Wildman–Crippen LogP) is 1.41. The van der Waals surface area contributed by atoms with E-state index in [2.05, 4.69) is 15.5 Å². The quantitative estimate of drug-likeness (QED) is 0.625. The first-order valence-electron chi connectivity index (χ1n) is 11.8. The fourth-order valence-electron chi connectivity index (χ4n) is 4.58. The molecule has 4 amide bonds. The maximum absolute atomic E-state index is 13.0. The van der Waals surface area contributed by atoms with Crippen molar-refractivity contribution in [1.82, 2.24) is 20.0 Å². The van der Waals surface area contributed by atoms with E-state index < -0.39 is 17.6 Å². The minimum Gasteiger partial charge on any atom is -0.444 e. The van der Waals surface area contributed by atoms with Crippen LogP contribution in [0, 0.1) is 0 Å². The van der Waals surface area contributed by atoms with Crippen LogP contribution in [0.4, 0.5) is 10.5 Å². The molecule has 0 aliphatic carbocycles. The molecule has 1 unspecified atom stereocenters. The third-order valence-electron chi connectivity index (χ3n) is 6.35. The molecule has 2 saturated heterocycles. The van der Waals surface area contributed by atoms with Crippen LogP contribution in [0.1, 0.15) is 49.5 Å². The van der Waals surface area contributed by atoms with Gasteiger partial charge in [-0.05, 0) is 39.3 Å². The Bertz CT molecular complexity index is 980. The van der Waals surface area contributed by atoms with Crippen molar-refractivity contribution >= 4 is 29.5 Å². The number of piperazine rings is 1. The fraction of sp³-hybridized carbons (Fsp3) is 0.583. The van der Waals surface area contributed by atoms with Crippen molar-refractivity contribution in [2.75, 3.05) is 44.6 Å². The van der Waals surface area contributed by atoms with Crippen molar-refractivity contribution in [3.8, 4) is 0 Å². The summed E-state index contributed by atoms with van der Waals surface area (Å²) in [6.07, 6.45) is 0.320. The number of piperidine rings is 1. The molecular formula is C24H33N5O5. The zero-order valence-corrected chi connectivity index (χ0v) is 20.1. The van der Waals surface area contributed by atoms with E-state index in [0.717, 1.165) is 30.9 Å². The Hall–Kier alpha value is -3.14. The molecule has 1 atom stereocenters. The number of hydrogen-bond donors (Lipinski definition) is 2. The molecule has 2 N–H and O–H groups in total. The molecule has 0 radical (unpaired) electrons. The molecule has 10 heteroatoms. The van der Waals surface area contributed by atoms with Gasteiger partial charge in [-0.15, -0.1) is 0 Å². The van der Waals surface area contributed by atoms with Gasteiger partial charge in [0, 0.05) is 69.0 Å². The van der Waals surface area contributed by atoms with E-state index in [1.165, 1.54) is 0 Å². The SMILES string of the molecule is CC(C)(C)OC(=O)N1CCN(CCNc2cccc3c2CN(C2CCC(=O)NC2=O)C3=O)CC1. The monoisotopic (exact) mass is 471 g/mol. The first-order valence-corrected chi connectivity index (χ1v) is 11.8. The molecule has 34 heavy (non-hydrogen) atoms. The smallest absolute Gasteiger partial charge is 0.410 e. The lowest BCUT2D eigenvalue weighted by atomic mass is 10.0. The lowest BCUT2D eigenvalue weighted by Gasteiger charge is -2.35. The molecule has 3 heterocycles. The summed E-state index contributed by atoms with van der Waals surface area (Å²) in [5.41, 5.74) is 1.86. The molecule has 0 saturated carbocycles. The molecule has 3 aliphatic heterocycles. The van der Waals surface area contributed by atoms with Crippen LogP contribution in [-0.2, 0) is 20.9 Å². The summed E-state index contributed by atoms with van der Waals surface area (Å²) in [5, 5.41) is 5.77. The highest BCUT2D eigenvalue weighted by Gasteiger charge is 2.39. The van der Waals surface area contributed by atoms with Crippen molar-refractivity contribution in [3.63, 3.8) is 0 Å². The fourth-order valence-corrected chi connectivity index (χ4v) is 4.58. The molecule has 0 bridgehead atoms. The normalized spacial score (nSPS) is 21.4. The summed E-state index contributed by atoms with van der Waals surface area (Å²) in [4.78, 5) is 54.5. The number of fused-ring (bicyclic) bond motifs is 1. The maximum Gasteiger partial charge on any atom is 0.410 e. The van der Waals surface area contributed by atoms with E-state index in [1.54, 1.807) is 15.9 Å². The van der Waals surface area contributed by atoms with Crippen molar-refractivity contribution < 1.29 is 23.9 Å². The molecule has 4 rings (SSSR count). The van der Waals surface area contributed by atoms with Crippen molar-refractivity contribution in [1.29, 1.82) is 0 Å². The van der Waals surface area contributed by atoms with Gasteiger partial charge in [-0.2, -0.15) is 0 Å². The van der Waals surface area contributed by atoms with Gasteiger partial charge in [0.2, 0.25) is 11.8 Å². The standard InChI is InChI=1S/C24H33N5O5/c1-24(2,3)34-23(33)28-13-11-27(12-14-28)10-9-25-18-6-4-5-16-17(18)15-29(22(16)32)19-7-8-20(30)26-21(19)31/h4-6,19,25H,7-15H2,1-3H3,(H,26,30,31). The molecule has 1 aromatic rings. The van der Waals surface area contributed by atoms with Gasteiger partial charge < -0.3 is 19.9 Å². The Kier molecular flexibility index (Phi) is 6.79. The number of anilines is 1. The Morgan fingerprint density at radius 2 is 1.88 bits per heavy atom. The summed E-state index contributed by atoms with van der Waals surface area (Å²) in [7, 11) is 0. The van der Waals surface area contributed by atoms with Crippen LogP contribution < -0.4 is 10.6 Å². The Morgan fingerprint density at radius 1 is 1.15 bits per heavy atom. The van der Waals surface area contributed by atoms with Crippen molar-refractivity contribution in [3.05, 3.63) is 29.3 Å². The zero-order chi connectivity index (χ0) is 24.5. The Labute approximate surface area is 199 Å². The van der Waals surface area contributed by atoms with E-state index in [1.807, 2.05) is 32.9 Å². The summed E-state index contributed by atoms with van der Waals surface area (Å²) in [5.74, 6) is -0.872. The molecule has 10 nitrogen and oxygen atoms in total. The second-order valence-electron chi connectivity index (χ2n) is 9.97. The van der Waals surface area contributed by atoms with Gasteiger partial charge in [-0.3, -0.25) is 24.6 Å². The van der Waals surface area contributed by atoms with E-state index >= 15 is 0 Å². The van der Waals surface area contributed by atoms with Gasteiger partial charge in [0.05, 0.1) is 0 Å². The Morgan fingerprint density at radius 3 is 2.56 bits per heavy atom. The summed E-state index contributed by atoms with van der Waals surface area (Å²) >= 11 is 0. The van der Waals surface area contributed by atoms with Crippen LogP contribution >= 0.6 is 0 Å². The van der Waals surface area contributed by atoms with Crippen LogP contribution in [0.25, 0.3) is 0 Å². The second-order valence-corrected chi connectivity index (χ2v) is 9.97. The van der Waals surface area contributed by atoms with Crippen molar-refractivity contribution in [2.24, 2.45) is 0 Å². The van der Waals surface area contributed by atoms with Crippen LogP contribution in [0.2, 0.25) is 0 Å². The first-order chi connectivity index (χ1) is 16.1. The highest BCUT2D eigenvalue weighted by atomic mass is 16.6. The zero-order valence-electron chi connectivity index (χ0n) is 20.1. The summed E-state index contributed by atoms with van der Waals surface area (Å²) < 4.78 is 5.45. The van der Waals surface area contributed by atoms with E-state index in [-0.39, 0.29) is 24.3 Å². The minimum atomic E-state index is -0.619. The van der Waals surface area contributed by atoms with E-state index in [0.29, 0.717) is 38.2 Å². The third-order valence-corrected chi connectivity index (χ3v) is 6.35. The molecule has 184 valence electrons. The summed E-state index contributed by atoms with van der Waals surface area (Å²) in [6.45, 7) is 10.2. The van der Waals surface area contributed by atoms with Crippen LogP contribution in [-0.4, -0.2) is 89.4 Å².